The molecule has 0 aliphatic heterocycles. The number of hydrogen-bond acceptors (Lipinski definition) is 1. The highest BCUT2D eigenvalue weighted by atomic mass is 16.2. The van der Waals surface area contributed by atoms with Crippen LogP contribution < -0.4 is 0 Å². The molecule has 0 aromatic carbocycles. The summed E-state index contributed by atoms with van der Waals surface area (Å²) >= 11 is 0. The molecule has 0 aliphatic carbocycles. The first-order valence-electron chi connectivity index (χ1n) is 3.78. The summed E-state index contributed by atoms with van der Waals surface area (Å²) in [6, 6.07) is 0. The zero-order chi connectivity index (χ0) is 7.66. The van der Waals surface area contributed by atoms with Crippen molar-refractivity contribution in [3.63, 3.8) is 0 Å². The number of rotatable bonds is 5. The Morgan fingerprint density at radius 2 is 1.60 bits per heavy atom. The first-order chi connectivity index (χ1) is 4.91. The van der Waals surface area contributed by atoms with E-state index in [1.807, 2.05) is 13.0 Å². The van der Waals surface area contributed by atoms with Crippen molar-refractivity contribution in [1.82, 2.24) is 0 Å². The molecule has 0 radical (unpaired) electrons. The van der Waals surface area contributed by atoms with Crippen LogP contribution >= 0.6 is 0 Å². The molecule has 0 saturated heterocycles. The van der Waals surface area contributed by atoms with Crippen molar-refractivity contribution >= 4 is 0 Å². The Hall–Kier alpha value is -0.560. The predicted octanol–water partition coefficient (Wildman–Crippen LogP) is 2.28. The van der Waals surface area contributed by atoms with Crippen LogP contribution in [0.15, 0.2) is 24.3 Å². The SMILES string of the molecule is [13CH3]C=CCCC=CCCO. The van der Waals surface area contributed by atoms with Crippen molar-refractivity contribution in [1.29, 1.82) is 0 Å². The fourth-order valence-electron chi connectivity index (χ4n) is 0.669. The zero-order valence-electron chi connectivity index (χ0n) is 6.59. The third kappa shape index (κ3) is 7.44. The van der Waals surface area contributed by atoms with Crippen molar-refractivity contribution < 1.29 is 5.11 Å². The second kappa shape index (κ2) is 8.44. The average molecular weight is 141 g/mol. The second-order valence-corrected chi connectivity index (χ2v) is 2.13. The molecule has 0 bridgehead atoms. The monoisotopic (exact) mass is 141 g/mol. The molecule has 58 valence electrons. The molecule has 1 heteroatoms. The molecule has 0 atom stereocenters. The lowest BCUT2D eigenvalue weighted by molar-refractivity contribution is 0.302. The van der Waals surface area contributed by atoms with Gasteiger partial charge in [0, 0.05) is 6.61 Å². The molecule has 0 unspecified atom stereocenters. The molecule has 0 saturated carbocycles. The summed E-state index contributed by atoms with van der Waals surface area (Å²) in [6.45, 7) is 2.29. The minimum Gasteiger partial charge on any atom is -0.396 e. The Balaban J connectivity index is 3.02. The maximum atomic E-state index is 8.40. The van der Waals surface area contributed by atoms with Crippen LogP contribution in [-0.2, 0) is 0 Å². The van der Waals surface area contributed by atoms with Gasteiger partial charge in [-0.2, -0.15) is 0 Å². The van der Waals surface area contributed by atoms with Gasteiger partial charge in [0.2, 0.25) is 0 Å². The molecule has 0 spiro atoms. The molecule has 0 fully saturated rings. The summed E-state index contributed by atoms with van der Waals surface area (Å²) in [5, 5.41) is 8.40. The van der Waals surface area contributed by atoms with Gasteiger partial charge in [0.25, 0.3) is 0 Å². The first kappa shape index (κ1) is 9.44. The van der Waals surface area contributed by atoms with E-state index in [9.17, 15) is 0 Å². The Morgan fingerprint density at radius 3 is 2.20 bits per heavy atom. The van der Waals surface area contributed by atoms with Crippen LogP contribution in [0.25, 0.3) is 0 Å². The van der Waals surface area contributed by atoms with Gasteiger partial charge < -0.3 is 5.11 Å². The highest BCUT2D eigenvalue weighted by Crippen LogP contribution is 1.93. The third-order valence-electron chi connectivity index (χ3n) is 1.20. The van der Waals surface area contributed by atoms with Crippen LogP contribution in [-0.4, -0.2) is 11.7 Å². The van der Waals surface area contributed by atoms with Crippen LogP contribution in [0.2, 0.25) is 0 Å². The van der Waals surface area contributed by atoms with Gasteiger partial charge in [0.1, 0.15) is 0 Å². The highest BCUT2D eigenvalue weighted by Gasteiger charge is 1.75. The first-order valence-corrected chi connectivity index (χ1v) is 3.78. The predicted molar refractivity (Wildman–Crippen MR) is 44.9 cm³/mol. The minimum atomic E-state index is 0.264. The molecule has 0 aromatic heterocycles. The summed E-state index contributed by atoms with van der Waals surface area (Å²) in [5.74, 6) is 0. The zero-order valence-corrected chi connectivity index (χ0v) is 6.59. The van der Waals surface area contributed by atoms with Gasteiger partial charge in [0.15, 0.2) is 0 Å². The van der Waals surface area contributed by atoms with Crippen LogP contribution in [0.5, 0.6) is 0 Å². The van der Waals surface area contributed by atoms with E-state index in [1.165, 1.54) is 0 Å². The molecule has 0 heterocycles. The van der Waals surface area contributed by atoms with E-state index in [4.69, 9.17) is 5.11 Å². The lowest BCUT2D eigenvalue weighted by Crippen LogP contribution is -1.74. The van der Waals surface area contributed by atoms with Gasteiger partial charge in [-0.25, -0.2) is 0 Å². The summed E-state index contributed by atoms with van der Waals surface area (Å²) in [4.78, 5) is 0. The third-order valence-corrected chi connectivity index (χ3v) is 1.20. The molecule has 0 rings (SSSR count). The van der Waals surface area contributed by atoms with Crippen LogP contribution in [0.3, 0.4) is 0 Å². The number of aliphatic hydroxyl groups excluding tert-OH is 1. The maximum absolute atomic E-state index is 8.40. The Morgan fingerprint density at radius 1 is 1.00 bits per heavy atom. The van der Waals surface area contributed by atoms with E-state index in [1.54, 1.807) is 0 Å². The molecule has 1 N–H and O–H groups in total. The normalized spacial score (nSPS) is 11.8. The quantitative estimate of drug-likeness (QED) is 0.354. The number of hydrogen-bond donors (Lipinski definition) is 1. The number of aliphatic hydroxyl groups is 1. The number of unbranched alkanes of at least 4 members (excludes halogenated alkanes) is 1. The smallest absolute Gasteiger partial charge is 0.0465 e. The van der Waals surface area contributed by atoms with Crippen LogP contribution in [0.4, 0.5) is 0 Å². The second-order valence-electron chi connectivity index (χ2n) is 2.13. The van der Waals surface area contributed by atoms with Gasteiger partial charge in [-0.05, 0) is 26.2 Å². The maximum Gasteiger partial charge on any atom is 0.0465 e. The van der Waals surface area contributed by atoms with E-state index in [0.717, 1.165) is 19.3 Å². The van der Waals surface area contributed by atoms with E-state index in [2.05, 4.69) is 18.2 Å². The van der Waals surface area contributed by atoms with Gasteiger partial charge in [-0.15, -0.1) is 0 Å². The lowest BCUT2D eigenvalue weighted by atomic mass is 10.2. The molecule has 0 amide bonds. The molecule has 1 nitrogen and oxygen atoms in total. The van der Waals surface area contributed by atoms with Crippen molar-refractivity contribution in [3.8, 4) is 0 Å². The van der Waals surface area contributed by atoms with Gasteiger partial charge in [-0.3, -0.25) is 0 Å². The van der Waals surface area contributed by atoms with Crippen molar-refractivity contribution in [2.24, 2.45) is 0 Å². The largest absolute Gasteiger partial charge is 0.396 e. The van der Waals surface area contributed by atoms with E-state index in [-0.39, 0.29) is 6.61 Å². The van der Waals surface area contributed by atoms with Gasteiger partial charge in [0.05, 0.1) is 0 Å². The standard InChI is InChI=1S/C9H16O/c1-2-3-4-5-6-7-8-9-10/h2-3,6-7,10H,4-5,8-9H2,1H3/i1+1. The molecule has 10 heavy (non-hydrogen) atoms. The molecule has 0 aliphatic rings. The summed E-state index contributed by atoms with van der Waals surface area (Å²) < 4.78 is 0. The van der Waals surface area contributed by atoms with Crippen LogP contribution in [0, 0.1) is 0 Å². The Bertz CT molecular complexity index is 103. The topological polar surface area (TPSA) is 20.2 Å². The summed E-state index contributed by atoms with van der Waals surface area (Å²) in [7, 11) is 0. The van der Waals surface area contributed by atoms with Crippen molar-refractivity contribution in [3.05, 3.63) is 24.3 Å². The fourth-order valence-corrected chi connectivity index (χ4v) is 0.669. The van der Waals surface area contributed by atoms with Gasteiger partial charge in [-0.1, -0.05) is 24.3 Å². The van der Waals surface area contributed by atoms with Gasteiger partial charge >= 0.3 is 0 Å². The molecular weight excluding hydrogens is 125 g/mol. The lowest BCUT2D eigenvalue weighted by Gasteiger charge is -1.85. The molecular formula is C9H16O. The number of allylic oxidation sites excluding steroid dienone is 3. The summed E-state index contributed by atoms with van der Waals surface area (Å²) in [5.41, 5.74) is 0. The summed E-state index contributed by atoms with van der Waals surface area (Å²) in [6.07, 6.45) is 11.3. The van der Waals surface area contributed by atoms with Crippen molar-refractivity contribution in [2.75, 3.05) is 6.61 Å². The average Bonchev–Trinajstić information content (AvgIpc) is 1.97. The van der Waals surface area contributed by atoms with E-state index >= 15 is 0 Å². The highest BCUT2D eigenvalue weighted by molar-refractivity contribution is 4.86. The van der Waals surface area contributed by atoms with Crippen LogP contribution in [0.1, 0.15) is 26.2 Å². The Labute approximate surface area is 63.1 Å². The minimum absolute atomic E-state index is 0.264. The molecule has 0 aromatic rings. The van der Waals surface area contributed by atoms with E-state index in [0.29, 0.717) is 0 Å². The fraction of sp³-hybridized carbons (Fsp3) is 0.556. The van der Waals surface area contributed by atoms with Crippen molar-refractivity contribution in [2.45, 2.75) is 26.2 Å². The van der Waals surface area contributed by atoms with E-state index < -0.39 is 0 Å². The Kier molecular flexibility index (Phi) is 7.97.